The fourth-order valence-electron chi connectivity index (χ4n) is 4.92. The zero-order chi connectivity index (χ0) is 32.9. The van der Waals surface area contributed by atoms with Crippen LogP contribution < -0.4 is 15.0 Å². The minimum absolute atomic E-state index is 0.114. The largest absolute Gasteiger partial charge is 0.424 e. The Morgan fingerprint density at radius 1 is 1.18 bits per heavy atom. The highest BCUT2D eigenvalue weighted by molar-refractivity contribution is 7.73. The molecule has 2 heterocycles. The van der Waals surface area contributed by atoms with Gasteiger partial charge in [-0.2, -0.15) is 0 Å². The fourth-order valence-corrected chi connectivity index (χ4v) is 8.23. The fraction of sp³-hybridized carbons (Fsp3) is 0.333. The number of carbonyl (C=O) groups excluding carboxylic acids is 2. The summed E-state index contributed by atoms with van der Waals surface area (Å²) >= 11 is 6.45. The highest BCUT2D eigenvalue weighted by Crippen LogP contribution is 2.61. The molecule has 2 atom stereocenters. The summed E-state index contributed by atoms with van der Waals surface area (Å²) in [6.45, 7) is 7.82. The summed E-state index contributed by atoms with van der Waals surface area (Å²) in [5.41, 5.74) is 3.03. The van der Waals surface area contributed by atoms with Crippen LogP contribution in [0.2, 0.25) is 5.02 Å². The van der Waals surface area contributed by atoms with Crippen LogP contribution in [0.1, 0.15) is 31.7 Å². The molecule has 1 aliphatic heterocycles. The number of esters is 1. The molecular formula is C30H35ClN4O8P2. The lowest BCUT2D eigenvalue weighted by molar-refractivity contribution is -0.134. The van der Waals surface area contributed by atoms with Gasteiger partial charge in [0.05, 0.1) is 29.0 Å². The standard InChI is InChI=1S/C30H35ClN4O8P2/c1-4-23(36)15-20-6-5-7-21(14-20)29-24(31)18-32-30(34-29)33-22-8-9-26(25(16-22)35-12-10-19(2)11-13-35)43-27(37)17-28(44(3,38)39)45(40,41)42/h4-9,14,16,18-19,28H,1,10-13,15,17H2,2-3H3,(H,38,39)(H,32,33,34)(H2,40,41,42). The number of halogens is 1. The van der Waals surface area contributed by atoms with E-state index in [1.165, 1.54) is 18.3 Å². The van der Waals surface area contributed by atoms with Gasteiger partial charge >= 0.3 is 13.6 Å². The molecule has 0 amide bonds. The zero-order valence-electron chi connectivity index (χ0n) is 24.8. The van der Waals surface area contributed by atoms with Gasteiger partial charge in [0.15, 0.2) is 11.5 Å². The first-order chi connectivity index (χ1) is 21.1. The van der Waals surface area contributed by atoms with Crippen LogP contribution in [-0.2, 0) is 25.1 Å². The molecule has 0 spiro atoms. The highest BCUT2D eigenvalue weighted by atomic mass is 35.5. The summed E-state index contributed by atoms with van der Waals surface area (Å²) in [7, 11) is -9.38. The van der Waals surface area contributed by atoms with E-state index in [1.807, 2.05) is 23.1 Å². The van der Waals surface area contributed by atoms with Gasteiger partial charge in [-0.1, -0.05) is 43.3 Å². The maximum atomic E-state index is 12.8. The lowest BCUT2D eigenvalue weighted by Gasteiger charge is -2.33. The number of rotatable bonds is 12. The summed E-state index contributed by atoms with van der Waals surface area (Å²) in [6, 6.07) is 12.2. The number of hydrogen-bond donors (Lipinski definition) is 4. The molecule has 240 valence electrons. The molecular weight excluding hydrogens is 642 g/mol. The molecule has 0 radical (unpaired) electrons. The monoisotopic (exact) mass is 676 g/mol. The zero-order valence-corrected chi connectivity index (χ0v) is 27.3. The number of nitrogens with one attached hydrogen (secondary N) is 1. The Morgan fingerprint density at radius 2 is 1.89 bits per heavy atom. The third-order valence-electron chi connectivity index (χ3n) is 7.40. The first-order valence-electron chi connectivity index (χ1n) is 14.1. The van der Waals surface area contributed by atoms with Crippen molar-refractivity contribution in [3.8, 4) is 17.0 Å². The topological polar surface area (TPSA) is 179 Å². The Kier molecular flexibility index (Phi) is 11.0. The van der Waals surface area contributed by atoms with E-state index in [0.29, 0.717) is 46.7 Å². The number of allylic oxidation sites excluding steroid dienone is 1. The van der Waals surface area contributed by atoms with E-state index in [-0.39, 0.29) is 23.9 Å². The first-order valence-corrected chi connectivity index (χ1v) is 18.4. The average molecular weight is 677 g/mol. The summed E-state index contributed by atoms with van der Waals surface area (Å²) in [5, 5.41) is 1.39. The maximum Gasteiger partial charge on any atom is 0.338 e. The molecule has 0 aliphatic carbocycles. The lowest BCUT2D eigenvalue weighted by Crippen LogP contribution is -2.33. The van der Waals surface area contributed by atoms with Crippen molar-refractivity contribution in [3.63, 3.8) is 0 Å². The minimum atomic E-state index is -5.07. The van der Waals surface area contributed by atoms with Crippen LogP contribution in [0, 0.1) is 5.92 Å². The highest BCUT2D eigenvalue weighted by Gasteiger charge is 2.43. The molecule has 0 bridgehead atoms. The molecule has 4 N–H and O–H groups in total. The van der Waals surface area contributed by atoms with E-state index in [2.05, 4.69) is 28.8 Å². The van der Waals surface area contributed by atoms with Gasteiger partial charge in [0.25, 0.3) is 0 Å². The number of carbonyl (C=O) groups is 2. The first kappa shape index (κ1) is 34.5. The Hall–Kier alpha value is -3.37. The van der Waals surface area contributed by atoms with Crippen molar-refractivity contribution >= 4 is 55.6 Å². The van der Waals surface area contributed by atoms with Crippen LogP contribution in [-0.4, -0.2) is 61.6 Å². The number of piperidine rings is 1. The molecule has 15 heteroatoms. The van der Waals surface area contributed by atoms with Crippen molar-refractivity contribution in [3.05, 3.63) is 71.9 Å². The molecule has 2 unspecified atom stereocenters. The number of hydrogen-bond acceptors (Lipinski definition) is 9. The van der Waals surface area contributed by atoms with E-state index in [1.54, 1.807) is 18.2 Å². The number of aromatic nitrogens is 2. The number of nitrogens with zero attached hydrogens (tertiary/aromatic N) is 3. The van der Waals surface area contributed by atoms with Gasteiger partial charge in [-0.25, -0.2) is 9.97 Å². The summed E-state index contributed by atoms with van der Waals surface area (Å²) < 4.78 is 29.5. The van der Waals surface area contributed by atoms with Crippen LogP contribution >= 0.6 is 26.6 Å². The number of ketones is 1. The van der Waals surface area contributed by atoms with E-state index >= 15 is 0 Å². The van der Waals surface area contributed by atoms with Gasteiger partial charge in [-0.05, 0) is 54.7 Å². The van der Waals surface area contributed by atoms with E-state index in [9.17, 15) is 33.4 Å². The Balaban J connectivity index is 1.62. The Bertz CT molecular complexity index is 1660. The van der Waals surface area contributed by atoms with Crippen molar-refractivity contribution < 1.29 is 38.1 Å². The molecule has 45 heavy (non-hydrogen) atoms. The predicted molar refractivity (Wildman–Crippen MR) is 174 cm³/mol. The van der Waals surface area contributed by atoms with Gasteiger partial charge in [-0.3, -0.25) is 18.7 Å². The third-order valence-corrected chi connectivity index (χ3v) is 12.1. The normalized spacial score (nSPS) is 16.0. The third kappa shape index (κ3) is 9.33. The van der Waals surface area contributed by atoms with Crippen LogP contribution in [0.15, 0.2) is 61.3 Å². The molecule has 1 saturated heterocycles. The van der Waals surface area contributed by atoms with Crippen molar-refractivity contribution in [2.75, 3.05) is 30.0 Å². The van der Waals surface area contributed by atoms with Gasteiger partial charge < -0.3 is 29.6 Å². The van der Waals surface area contributed by atoms with Gasteiger partial charge in [-0.15, -0.1) is 0 Å². The van der Waals surface area contributed by atoms with Gasteiger partial charge in [0, 0.05) is 37.4 Å². The molecule has 12 nitrogen and oxygen atoms in total. The van der Waals surface area contributed by atoms with E-state index in [4.69, 9.17) is 16.3 Å². The quantitative estimate of drug-likeness (QED) is 0.0788. The Morgan fingerprint density at radius 3 is 2.53 bits per heavy atom. The summed E-state index contributed by atoms with van der Waals surface area (Å²) in [6.07, 6.45) is 3.79. The second-order valence-corrected chi connectivity index (χ2v) is 16.2. The molecule has 0 saturated carbocycles. The molecule has 1 fully saturated rings. The SMILES string of the molecule is C=CC(=O)Cc1cccc(-c2nc(Nc3ccc(OC(=O)CC(P(C)(=O)O)P(=O)(O)O)c(N4CCC(C)CC4)c3)ncc2Cl)c1. The van der Waals surface area contributed by atoms with Crippen molar-refractivity contribution in [2.24, 2.45) is 5.92 Å². The van der Waals surface area contributed by atoms with Gasteiger partial charge in [0.1, 0.15) is 5.40 Å². The lowest BCUT2D eigenvalue weighted by atomic mass is 9.98. The smallest absolute Gasteiger partial charge is 0.338 e. The average Bonchev–Trinajstić information content (AvgIpc) is 2.97. The van der Waals surface area contributed by atoms with Crippen molar-refractivity contribution in [2.45, 2.75) is 38.0 Å². The minimum Gasteiger partial charge on any atom is -0.424 e. The van der Waals surface area contributed by atoms with Crippen LogP contribution in [0.5, 0.6) is 5.75 Å². The molecule has 2 aromatic carbocycles. The van der Waals surface area contributed by atoms with Crippen LogP contribution in [0.25, 0.3) is 11.3 Å². The number of anilines is 3. The molecule has 4 rings (SSSR count). The number of benzene rings is 2. The van der Waals surface area contributed by atoms with E-state index < -0.39 is 32.8 Å². The second-order valence-electron chi connectivity index (χ2n) is 11.1. The maximum absolute atomic E-state index is 12.8. The molecule has 3 aromatic rings. The van der Waals surface area contributed by atoms with Gasteiger partial charge in [0.2, 0.25) is 13.3 Å². The predicted octanol–water partition coefficient (Wildman–Crippen LogP) is 5.77. The van der Waals surface area contributed by atoms with Crippen molar-refractivity contribution in [1.29, 1.82) is 0 Å². The second kappa shape index (κ2) is 14.4. The summed E-state index contributed by atoms with van der Waals surface area (Å²) in [4.78, 5) is 64.6. The van der Waals surface area contributed by atoms with Crippen LogP contribution in [0.3, 0.4) is 0 Å². The summed E-state index contributed by atoms with van der Waals surface area (Å²) in [5.74, 6) is -0.283. The number of ether oxygens (including phenoxy) is 1. The van der Waals surface area contributed by atoms with Crippen LogP contribution in [0.4, 0.5) is 17.3 Å². The van der Waals surface area contributed by atoms with Crippen molar-refractivity contribution in [1.82, 2.24) is 9.97 Å². The van der Waals surface area contributed by atoms with E-state index in [0.717, 1.165) is 25.1 Å². The Labute approximate surface area is 266 Å². The molecule has 1 aromatic heterocycles. The molecule has 1 aliphatic rings.